The highest BCUT2D eigenvalue weighted by Crippen LogP contribution is 2.28. The lowest BCUT2D eigenvalue weighted by Gasteiger charge is -2.21. The van der Waals surface area contributed by atoms with Crippen LogP contribution in [0.15, 0.2) is 23.2 Å². The van der Waals surface area contributed by atoms with E-state index in [9.17, 15) is 0 Å². The summed E-state index contributed by atoms with van der Waals surface area (Å²) in [7, 11) is 3.25. The first-order valence-electron chi connectivity index (χ1n) is 9.63. The summed E-state index contributed by atoms with van der Waals surface area (Å²) in [5.41, 5.74) is 6.72. The van der Waals surface area contributed by atoms with Crippen LogP contribution in [0.3, 0.4) is 0 Å². The van der Waals surface area contributed by atoms with Crippen molar-refractivity contribution in [2.75, 3.05) is 32.7 Å². The first kappa shape index (κ1) is 23.8. The first-order chi connectivity index (χ1) is 12.7. The second-order valence-corrected chi connectivity index (χ2v) is 6.65. The number of nitrogens with one attached hydrogen (secondary N) is 1. The van der Waals surface area contributed by atoms with Crippen LogP contribution in [0, 0.1) is 0 Å². The molecule has 1 aliphatic carbocycles. The Bertz CT molecular complexity index is 563. The minimum absolute atomic E-state index is 0. The Kier molecular flexibility index (Phi) is 12.2. The number of guanidine groups is 1. The minimum Gasteiger partial charge on any atom is -0.497 e. The number of benzene rings is 1. The maximum absolute atomic E-state index is 5.98. The lowest BCUT2D eigenvalue weighted by molar-refractivity contribution is 0.0264. The van der Waals surface area contributed by atoms with E-state index in [4.69, 9.17) is 19.9 Å². The molecule has 1 aromatic rings. The summed E-state index contributed by atoms with van der Waals surface area (Å²) in [4.78, 5) is 4.38. The molecule has 0 bridgehead atoms. The van der Waals surface area contributed by atoms with Gasteiger partial charge in [0.2, 0.25) is 0 Å². The fourth-order valence-corrected chi connectivity index (χ4v) is 3.16. The van der Waals surface area contributed by atoms with Crippen molar-refractivity contribution in [1.82, 2.24) is 0 Å². The number of methoxy groups -OCH3 is 2. The highest BCUT2D eigenvalue weighted by Gasteiger charge is 2.12. The molecule has 7 heteroatoms. The van der Waals surface area contributed by atoms with Gasteiger partial charge < -0.3 is 25.3 Å². The van der Waals surface area contributed by atoms with Crippen LogP contribution in [0.4, 0.5) is 5.69 Å². The van der Waals surface area contributed by atoms with E-state index in [1.807, 2.05) is 18.2 Å². The highest BCUT2D eigenvalue weighted by atomic mass is 127. The predicted molar refractivity (Wildman–Crippen MR) is 122 cm³/mol. The number of halogens is 1. The molecule has 6 nitrogen and oxygen atoms in total. The summed E-state index contributed by atoms with van der Waals surface area (Å²) in [6, 6.07) is 5.51. The van der Waals surface area contributed by atoms with E-state index >= 15 is 0 Å². The lowest BCUT2D eigenvalue weighted by atomic mass is 9.98. The van der Waals surface area contributed by atoms with Crippen molar-refractivity contribution in [2.24, 2.45) is 10.7 Å². The van der Waals surface area contributed by atoms with Gasteiger partial charge >= 0.3 is 0 Å². The molecule has 1 aromatic carbocycles. The summed E-state index contributed by atoms with van der Waals surface area (Å²) in [6.45, 7) is 1.57. The monoisotopic (exact) mass is 491 g/mol. The molecular formula is C20H34IN3O3. The largest absolute Gasteiger partial charge is 0.497 e. The van der Waals surface area contributed by atoms with Crippen molar-refractivity contribution < 1.29 is 14.2 Å². The van der Waals surface area contributed by atoms with Gasteiger partial charge in [0.15, 0.2) is 5.96 Å². The van der Waals surface area contributed by atoms with Crippen LogP contribution in [0.1, 0.15) is 51.4 Å². The zero-order chi connectivity index (χ0) is 18.6. The zero-order valence-corrected chi connectivity index (χ0v) is 18.9. The zero-order valence-electron chi connectivity index (χ0n) is 16.5. The number of aliphatic imine (C=N–C) groups is 1. The second kappa shape index (κ2) is 13.9. The Morgan fingerprint density at radius 1 is 1.11 bits per heavy atom. The summed E-state index contributed by atoms with van der Waals surface area (Å²) >= 11 is 0. The van der Waals surface area contributed by atoms with Gasteiger partial charge in [-0.15, -0.1) is 24.0 Å². The van der Waals surface area contributed by atoms with Crippen molar-refractivity contribution in [3.05, 3.63) is 18.2 Å². The smallest absolute Gasteiger partial charge is 0.193 e. The molecule has 0 spiro atoms. The highest BCUT2D eigenvalue weighted by molar-refractivity contribution is 14.0. The third kappa shape index (κ3) is 9.01. The summed E-state index contributed by atoms with van der Waals surface area (Å²) < 4.78 is 16.5. The molecule has 1 saturated carbocycles. The first-order valence-corrected chi connectivity index (χ1v) is 9.63. The molecule has 0 heterocycles. The number of nitrogens with zero attached hydrogens (tertiary/aromatic N) is 1. The van der Waals surface area contributed by atoms with Crippen molar-refractivity contribution in [3.8, 4) is 11.5 Å². The SMILES string of the molecule is COc1ccc(OC)c(NC(N)=NCCCCCOC2CCCCC2)c1.I. The second-order valence-electron chi connectivity index (χ2n) is 6.65. The summed E-state index contributed by atoms with van der Waals surface area (Å²) in [5.74, 6) is 1.82. The number of unbranched alkanes of at least 4 members (excludes halogenated alkanes) is 2. The van der Waals surface area contributed by atoms with E-state index in [2.05, 4.69) is 10.3 Å². The number of hydrogen-bond acceptors (Lipinski definition) is 4. The van der Waals surface area contributed by atoms with Gasteiger partial charge in [-0.25, -0.2) is 0 Å². The minimum atomic E-state index is 0. The predicted octanol–water partition coefficient (Wildman–Crippen LogP) is 4.57. The van der Waals surface area contributed by atoms with Crippen LogP contribution >= 0.6 is 24.0 Å². The molecule has 2 rings (SSSR count). The van der Waals surface area contributed by atoms with Crippen LogP contribution in [0.2, 0.25) is 0 Å². The maximum atomic E-state index is 5.98. The van der Waals surface area contributed by atoms with Gasteiger partial charge in [0.25, 0.3) is 0 Å². The number of anilines is 1. The van der Waals surface area contributed by atoms with Crippen LogP contribution in [-0.4, -0.2) is 39.4 Å². The molecule has 0 aromatic heterocycles. The average Bonchev–Trinajstić information content (AvgIpc) is 2.68. The van der Waals surface area contributed by atoms with E-state index in [1.54, 1.807) is 14.2 Å². The quantitative estimate of drug-likeness (QED) is 0.217. The van der Waals surface area contributed by atoms with Crippen LogP contribution in [-0.2, 0) is 4.74 Å². The molecule has 0 saturated heterocycles. The van der Waals surface area contributed by atoms with Crippen molar-refractivity contribution >= 4 is 35.6 Å². The lowest BCUT2D eigenvalue weighted by Crippen LogP contribution is -2.23. The fourth-order valence-electron chi connectivity index (χ4n) is 3.16. The van der Waals surface area contributed by atoms with Gasteiger partial charge in [-0.3, -0.25) is 4.99 Å². The van der Waals surface area contributed by atoms with Gasteiger partial charge in [-0.1, -0.05) is 19.3 Å². The number of rotatable bonds is 10. The average molecular weight is 491 g/mol. The van der Waals surface area contributed by atoms with Gasteiger partial charge in [-0.2, -0.15) is 0 Å². The molecule has 1 fully saturated rings. The number of ether oxygens (including phenoxy) is 3. The van der Waals surface area contributed by atoms with E-state index in [0.29, 0.717) is 24.4 Å². The number of hydrogen-bond donors (Lipinski definition) is 2. The van der Waals surface area contributed by atoms with Crippen molar-refractivity contribution in [1.29, 1.82) is 0 Å². The van der Waals surface area contributed by atoms with Crippen molar-refractivity contribution in [2.45, 2.75) is 57.5 Å². The molecule has 0 unspecified atom stereocenters. The third-order valence-electron chi connectivity index (χ3n) is 4.66. The van der Waals surface area contributed by atoms with E-state index in [-0.39, 0.29) is 24.0 Å². The van der Waals surface area contributed by atoms with Crippen molar-refractivity contribution in [3.63, 3.8) is 0 Å². The summed E-state index contributed by atoms with van der Waals surface area (Å²) in [5, 5.41) is 3.08. The van der Waals surface area contributed by atoms with Gasteiger partial charge in [0.1, 0.15) is 11.5 Å². The van der Waals surface area contributed by atoms with Crippen LogP contribution < -0.4 is 20.5 Å². The Balaban J connectivity index is 0.00000364. The van der Waals surface area contributed by atoms with Crippen LogP contribution in [0.25, 0.3) is 0 Å². The molecule has 0 atom stereocenters. The van der Waals surface area contributed by atoms with E-state index < -0.39 is 0 Å². The topological polar surface area (TPSA) is 78.1 Å². The maximum Gasteiger partial charge on any atom is 0.193 e. The number of nitrogens with two attached hydrogens (primary N) is 1. The Morgan fingerprint density at radius 2 is 1.89 bits per heavy atom. The molecular weight excluding hydrogens is 457 g/mol. The normalized spacial score (nSPS) is 15.1. The summed E-state index contributed by atoms with van der Waals surface area (Å²) in [6.07, 6.45) is 10.2. The third-order valence-corrected chi connectivity index (χ3v) is 4.66. The standard InChI is InChI=1S/C20H33N3O3.HI/c1-24-17-11-12-19(25-2)18(15-17)23-20(21)22-13-7-4-8-14-26-16-9-5-3-6-10-16;/h11-12,15-16H,3-10,13-14H2,1-2H3,(H3,21,22,23);1H. The van der Waals surface area contributed by atoms with Gasteiger partial charge in [0.05, 0.1) is 26.0 Å². The Labute approximate surface area is 180 Å². The molecule has 3 N–H and O–H groups in total. The molecule has 0 amide bonds. The molecule has 0 radical (unpaired) electrons. The fraction of sp³-hybridized carbons (Fsp3) is 0.650. The molecule has 0 aliphatic heterocycles. The Morgan fingerprint density at radius 3 is 2.59 bits per heavy atom. The van der Waals surface area contributed by atoms with Gasteiger partial charge in [-0.05, 0) is 44.2 Å². The van der Waals surface area contributed by atoms with E-state index in [1.165, 1.54) is 32.1 Å². The molecule has 1 aliphatic rings. The van der Waals surface area contributed by atoms with Gasteiger partial charge in [0, 0.05) is 19.2 Å². The van der Waals surface area contributed by atoms with E-state index in [0.717, 1.165) is 37.3 Å². The molecule has 27 heavy (non-hydrogen) atoms. The Hall–Kier alpha value is -1.22. The van der Waals surface area contributed by atoms with Crippen LogP contribution in [0.5, 0.6) is 11.5 Å². The molecule has 154 valence electrons.